The zero-order chi connectivity index (χ0) is 15.1. The topological polar surface area (TPSA) is 62.2 Å². The minimum Gasteiger partial charge on any atom is -0.356 e. The van der Waals surface area contributed by atoms with Crippen LogP contribution in [0.5, 0.6) is 0 Å². The molecule has 0 aliphatic rings. The number of aromatic nitrogens is 2. The van der Waals surface area contributed by atoms with Crippen molar-refractivity contribution in [1.29, 1.82) is 0 Å². The first kappa shape index (κ1) is 15.7. The van der Waals surface area contributed by atoms with E-state index in [1.165, 1.54) is 4.88 Å². The second kappa shape index (κ2) is 7.95. The van der Waals surface area contributed by atoms with Crippen LogP contribution in [0.4, 0.5) is 0 Å². The Kier molecular flexibility index (Phi) is 5.95. The lowest BCUT2D eigenvalue weighted by molar-refractivity contribution is 0.795. The fourth-order valence-electron chi connectivity index (χ4n) is 1.76. The van der Waals surface area contributed by atoms with Gasteiger partial charge in [0, 0.05) is 24.7 Å². The van der Waals surface area contributed by atoms with Crippen molar-refractivity contribution in [1.82, 2.24) is 20.6 Å². The second-order valence-electron chi connectivity index (χ2n) is 4.45. The third kappa shape index (κ3) is 4.99. The van der Waals surface area contributed by atoms with Crippen LogP contribution in [-0.2, 0) is 13.0 Å². The summed E-state index contributed by atoms with van der Waals surface area (Å²) in [5, 5.41) is 7.08. The Bertz CT molecular complexity index is 594. The molecule has 0 saturated carbocycles. The molecule has 0 radical (unpaired) electrons. The Morgan fingerprint density at radius 3 is 2.81 bits per heavy atom. The normalized spacial score (nSPS) is 11.5. The van der Waals surface area contributed by atoms with Crippen LogP contribution in [0.1, 0.15) is 16.1 Å². The fraction of sp³-hybridized carbons (Fsp3) is 0.357. The molecule has 2 N–H and O–H groups in total. The van der Waals surface area contributed by atoms with Gasteiger partial charge in [-0.15, -0.1) is 11.3 Å². The predicted octanol–water partition coefficient (Wildman–Crippen LogP) is 2.41. The first-order valence-electron chi connectivity index (χ1n) is 6.63. The van der Waals surface area contributed by atoms with Gasteiger partial charge in [-0.2, -0.15) is 0 Å². The largest absolute Gasteiger partial charge is 0.356 e. The van der Waals surface area contributed by atoms with Gasteiger partial charge in [-0.3, -0.25) is 4.99 Å². The summed E-state index contributed by atoms with van der Waals surface area (Å²) in [5.74, 6) is 0.782. The van der Waals surface area contributed by atoms with Gasteiger partial charge in [0.1, 0.15) is 5.15 Å². The van der Waals surface area contributed by atoms with Gasteiger partial charge >= 0.3 is 0 Å². The molecule has 2 rings (SSSR count). The van der Waals surface area contributed by atoms with Crippen molar-refractivity contribution < 1.29 is 0 Å². The molecular weight excluding hydrogens is 306 g/mol. The number of guanidine groups is 1. The van der Waals surface area contributed by atoms with E-state index in [0.29, 0.717) is 5.15 Å². The molecule has 0 fully saturated rings. The van der Waals surface area contributed by atoms with E-state index in [4.69, 9.17) is 11.6 Å². The highest BCUT2D eigenvalue weighted by molar-refractivity contribution is 7.09. The van der Waals surface area contributed by atoms with E-state index in [1.807, 2.05) is 18.5 Å². The summed E-state index contributed by atoms with van der Waals surface area (Å²) in [4.78, 5) is 13.7. The smallest absolute Gasteiger partial charge is 0.191 e. The summed E-state index contributed by atoms with van der Waals surface area (Å²) >= 11 is 7.41. The van der Waals surface area contributed by atoms with Crippen molar-refractivity contribution in [2.45, 2.75) is 19.9 Å². The molecule has 2 aromatic rings. The molecule has 0 amide bonds. The van der Waals surface area contributed by atoms with E-state index in [0.717, 1.165) is 36.7 Å². The number of pyridine rings is 1. The van der Waals surface area contributed by atoms with Crippen LogP contribution >= 0.6 is 22.9 Å². The summed E-state index contributed by atoms with van der Waals surface area (Å²) in [5.41, 5.74) is 4.06. The Labute approximate surface area is 133 Å². The van der Waals surface area contributed by atoms with Gasteiger partial charge < -0.3 is 10.6 Å². The Hall–Kier alpha value is -1.66. The lowest BCUT2D eigenvalue weighted by atomic mass is 10.2. The van der Waals surface area contributed by atoms with Crippen molar-refractivity contribution in [3.63, 3.8) is 0 Å². The number of rotatable bonds is 5. The number of nitrogens with one attached hydrogen (secondary N) is 2. The third-order valence-corrected chi connectivity index (χ3v) is 4.14. The SMILES string of the molecule is CN=C(NCCc1ccc(Cl)nc1)NCc1scnc1C. The number of hydrogen-bond donors (Lipinski definition) is 2. The Morgan fingerprint density at radius 2 is 2.19 bits per heavy atom. The van der Waals surface area contributed by atoms with Gasteiger partial charge in [0.15, 0.2) is 5.96 Å². The number of hydrogen-bond acceptors (Lipinski definition) is 4. The molecule has 5 nitrogen and oxygen atoms in total. The molecule has 0 spiro atoms. The summed E-state index contributed by atoms with van der Waals surface area (Å²) in [6.45, 7) is 3.53. The molecule has 112 valence electrons. The van der Waals surface area contributed by atoms with Gasteiger partial charge in [0.25, 0.3) is 0 Å². The second-order valence-corrected chi connectivity index (χ2v) is 5.78. The van der Waals surface area contributed by atoms with E-state index in [-0.39, 0.29) is 0 Å². The predicted molar refractivity (Wildman–Crippen MR) is 88.0 cm³/mol. The van der Waals surface area contributed by atoms with Crippen molar-refractivity contribution in [3.05, 3.63) is 45.1 Å². The summed E-state index contributed by atoms with van der Waals surface area (Å²) in [6.07, 6.45) is 2.66. The van der Waals surface area contributed by atoms with Gasteiger partial charge in [-0.05, 0) is 25.0 Å². The molecule has 0 atom stereocenters. The number of nitrogens with zero attached hydrogens (tertiary/aromatic N) is 3. The highest BCUT2D eigenvalue weighted by Crippen LogP contribution is 2.11. The molecule has 0 aliphatic carbocycles. The monoisotopic (exact) mass is 323 g/mol. The molecule has 21 heavy (non-hydrogen) atoms. The molecule has 0 saturated heterocycles. The van der Waals surface area contributed by atoms with Crippen LogP contribution in [0.3, 0.4) is 0 Å². The van der Waals surface area contributed by atoms with Crippen molar-refractivity contribution in [2.75, 3.05) is 13.6 Å². The quantitative estimate of drug-likeness (QED) is 0.504. The zero-order valence-electron chi connectivity index (χ0n) is 12.1. The first-order valence-corrected chi connectivity index (χ1v) is 7.88. The van der Waals surface area contributed by atoms with Gasteiger partial charge in [0.2, 0.25) is 0 Å². The maximum absolute atomic E-state index is 5.76. The number of halogens is 1. The van der Waals surface area contributed by atoms with Crippen LogP contribution in [0.15, 0.2) is 28.8 Å². The molecule has 2 aromatic heterocycles. The van der Waals surface area contributed by atoms with E-state index in [1.54, 1.807) is 30.6 Å². The highest BCUT2D eigenvalue weighted by atomic mass is 35.5. The standard InChI is InChI=1S/C14H18ClN5S/c1-10-12(21-9-20-10)8-19-14(16-2)17-6-5-11-3-4-13(15)18-7-11/h3-4,7,9H,5-6,8H2,1-2H3,(H2,16,17,19). The van der Waals surface area contributed by atoms with Crippen LogP contribution in [0, 0.1) is 6.92 Å². The minimum absolute atomic E-state index is 0.518. The van der Waals surface area contributed by atoms with Gasteiger partial charge in [-0.25, -0.2) is 9.97 Å². The average molecular weight is 324 g/mol. The molecule has 0 aliphatic heterocycles. The molecule has 2 heterocycles. The van der Waals surface area contributed by atoms with Crippen LogP contribution in [0.2, 0.25) is 5.15 Å². The van der Waals surface area contributed by atoms with Gasteiger partial charge in [-0.1, -0.05) is 17.7 Å². The van der Waals surface area contributed by atoms with Crippen LogP contribution in [0.25, 0.3) is 0 Å². The average Bonchev–Trinajstić information content (AvgIpc) is 2.90. The lowest BCUT2D eigenvalue weighted by Crippen LogP contribution is -2.37. The minimum atomic E-state index is 0.518. The molecule has 0 unspecified atom stereocenters. The van der Waals surface area contributed by atoms with Gasteiger partial charge in [0.05, 0.1) is 17.7 Å². The third-order valence-electron chi connectivity index (χ3n) is 2.98. The maximum Gasteiger partial charge on any atom is 0.191 e. The maximum atomic E-state index is 5.76. The van der Waals surface area contributed by atoms with Crippen molar-refractivity contribution in [3.8, 4) is 0 Å². The summed E-state index contributed by atoms with van der Waals surface area (Å²) in [7, 11) is 1.76. The van der Waals surface area contributed by atoms with Crippen molar-refractivity contribution >= 4 is 28.9 Å². The number of aryl methyl sites for hydroxylation is 1. The lowest BCUT2D eigenvalue weighted by Gasteiger charge is -2.11. The van der Waals surface area contributed by atoms with E-state index in [9.17, 15) is 0 Å². The fourth-order valence-corrected chi connectivity index (χ4v) is 2.59. The molecular formula is C14H18ClN5S. The van der Waals surface area contributed by atoms with E-state index >= 15 is 0 Å². The molecule has 0 aromatic carbocycles. The first-order chi connectivity index (χ1) is 10.2. The Balaban J connectivity index is 1.75. The van der Waals surface area contributed by atoms with E-state index < -0.39 is 0 Å². The number of aliphatic imine (C=N–C) groups is 1. The zero-order valence-corrected chi connectivity index (χ0v) is 13.6. The van der Waals surface area contributed by atoms with E-state index in [2.05, 4.69) is 25.6 Å². The Morgan fingerprint density at radius 1 is 1.33 bits per heavy atom. The summed E-state index contributed by atoms with van der Waals surface area (Å²) in [6, 6.07) is 3.78. The highest BCUT2D eigenvalue weighted by Gasteiger charge is 2.03. The van der Waals surface area contributed by atoms with Crippen molar-refractivity contribution in [2.24, 2.45) is 4.99 Å². The molecule has 0 bridgehead atoms. The summed E-state index contributed by atoms with van der Waals surface area (Å²) < 4.78 is 0. The van der Waals surface area contributed by atoms with Crippen LogP contribution in [-0.4, -0.2) is 29.5 Å². The van der Waals surface area contributed by atoms with Crippen LogP contribution < -0.4 is 10.6 Å². The number of thiazole rings is 1. The molecule has 7 heteroatoms.